The summed E-state index contributed by atoms with van der Waals surface area (Å²) in [6, 6.07) is 0.582. The maximum absolute atomic E-state index is 5.05. The highest BCUT2D eigenvalue weighted by atomic mass is 79.9. The van der Waals surface area contributed by atoms with Gasteiger partial charge >= 0.3 is 12.0 Å². The normalized spacial score (nSPS) is 16.7. The van der Waals surface area contributed by atoms with Gasteiger partial charge in [0.1, 0.15) is 0 Å². The summed E-state index contributed by atoms with van der Waals surface area (Å²) in [6.45, 7) is 1.90. The van der Waals surface area contributed by atoms with Gasteiger partial charge < -0.3 is 14.4 Å². The van der Waals surface area contributed by atoms with E-state index < -0.39 is 0 Å². The molecule has 1 aromatic heterocycles. The van der Waals surface area contributed by atoms with Crippen LogP contribution in [0.1, 0.15) is 12.8 Å². The third kappa shape index (κ3) is 3.01. The second-order valence-corrected chi connectivity index (χ2v) is 4.84. The van der Waals surface area contributed by atoms with Crippen LogP contribution in [0.15, 0.2) is 0 Å². The average molecular weight is 317 g/mol. The van der Waals surface area contributed by atoms with Gasteiger partial charge in [-0.3, -0.25) is 0 Å². The van der Waals surface area contributed by atoms with E-state index in [1.165, 1.54) is 14.2 Å². The van der Waals surface area contributed by atoms with Crippen molar-refractivity contribution in [2.24, 2.45) is 5.92 Å². The summed E-state index contributed by atoms with van der Waals surface area (Å²) >= 11 is 3.53. The van der Waals surface area contributed by atoms with Crippen molar-refractivity contribution in [2.45, 2.75) is 12.8 Å². The highest BCUT2D eigenvalue weighted by molar-refractivity contribution is 9.09. The van der Waals surface area contributed by atoms with E-state index in [1.54, 1.807) is 0 Å². The smallest absolute Gasteiger partial charge is 0.324 e. The van der Waals surface area contributed by atoms with Crippen LogP contribution in [0, 0.1) is 5.92 Å². The minimum Gasteiger partial charge on any atom is -0.467 e. The summed E-state index contributed by atoms with van der Waals surface area (Å²) in [5, 5.41) is 1.06. The predicted octanol–water partition coefficient (Wildman–Crippen LogP) is 1.50. The van der Waals surface area contributed by atoms with Crippen molar-refractivity contribution in [2.75, 3.05) is 37.5 Å². The van der Waals surface area contributed by atoms with Gasteiger partial charge in [0, 0.05) is 18.4 Å². The second kappa shape index (κ2) is 6.17. The molecule has 1 saturated heterocycles. The molecule has 0 amide bonds. The minimum absolute atomic E-state index is 0.291. The molecular formula is C11H17BrN4O2. The summed E-state index contributed by atoms with van der Waals surface area (Å²) in [5.41, 5.74) is 0. The number of piperidine rings is 1. The topological polar surface area (TPSA) is 60.4 Å². The standard InChI is InChI=1S/C11H17BrN4O2/c1-17-10-13-9(14-11(15-10)18-2)16-5-3-8(7-12)4-6-16/h8H,3-7H2,1-2H3. The summed E-state index contributed by atoms with van der Waals surface area (Å²) in [5.74, 6) is 1.37. The molecule has 0 aromatic carbocycles. The van der Waals surface area contributed by atoms with Crippen molar-refractivity contribution >= 4 is 21.9 Å². The zero-order chi connectivity index (χ0) is 13.0. The Labute approximate surface area is 115 Å². The molecule has 100 valence electrons. The van der Waals surface area contributed by atoms with Crippen LogP contribution in [0.2, 0.25) is 0 Å². The van der Waals surface area contributed by atoms with E-state index in [4.69, 9.17) is 9.47 Å². The van der Waals surface area contributed by atoms with Crippen LogP contribution in [-0.4, -0.2) is 47.6 Å². The van der Waals surface area contributed by atoms with E-state index >= 15 is 0 Å². The Balaban J connectivity index is 2.13. The number of ether oxygens (including phenoxy) is 2. The Bertz CT molecular complexity index is 374. The van der Waals surface area contributed by atoms with Crippen LogP contribution in [0.25, 0.3) is 0 Å². The summed E-state index contributed by atoms with van der Waals surface area (Å²) in [6.07, 6.45) is 2.28. The molecule has 0 unspecified atom stereocenters. The van der Waals surface area contributed by atoms with Crippen LogP contribution in [0.4, 0.5) is 5.95 Å². The SMILES string of the molecule is COc1nc(OC)nc(N2CCC(CBr)CC2)n1. The van der Waals surface area contributed by atoms with Gasteiger partial charge in [-0.05, 0) is 18.8 Å². The van der Waals surface area contributed by atoms with Crippen molar-refractivity contribution in [3.05, 3.63) is 0 Å². The Morgan fingerprint density at radius 2 is 1.67 bits per heavy atom. The number of alkyl halides is 1. The van der Waals surface area contributed by atoms with E-state index in [0.29, 0.717) is 18.0 Å². The minimum atomic E-state index is 0.291. The molecular weight excluding hydrogens is 300 g/mol. The molecule has 2 heterocycles. The molecule has 7 heteroatoms. The van der Waals surface area contributed by atoms with Crippen LogP contribution in [-0.2, 0) is 0 Å². The van der Waals surface area contributed by atoms with Gasteiger partial charge in [0.15, 0.2) is 0 Å². The zero-order valence-electron chi connectivity index (χ0n) is 10.6. The van der Waals surface area contributed by atoms with Gasteiger partial charge in [0.05, 0.1) is 14.2 Å². The number of aromatic nitrogens is 3. The number of anilines is 1. The lowest BCUT2D eigenvalue weighted by atomic mass is 9.99. The van der Waals surface area contributed by atoms with Crippen LogP contribution >= 0.6 is 15.9 Å². The summed E-state index contributed by atoms with van der Waals surface area (Å²) < 4.78 is 10.1. The third-order valence-electron chi connectivity index (χ3n) is 3.06. The van der Waals surface area contributed by atoms with Gasteiger partial charge in [0.2, 0.25) is 5.95 Å². The molecule has 1 aliphatic heterocycles. The number of hydrogen-bond donors (Lipinski definition) is 0. The molecule has 0 bridgehead atoms. The highest BCUT2D eigenvalue weighted by Gasteiger charge is 2.21. The Morgan fingerprint density at radius 1 is 1.11 bits per heavy atom. The quantitative estimate of drug-likeness (QED) is 0.785. The number of methoxy groups -OCH3 is 2. The molecule has 0 spiro atoms. The lowest BCUT2D eigenvalue weighted by molar-refractivity contribution is 0.338. The molecule has 6 nitrogen and oxygen atoms in total. The fourth-order valence-corrected chi connectivity index (χ4v) is 2.59. The van der Waals surface area contributed by atoms with Gasteiger partial charge in [-0.25, -0.2) is 0 Å². The van der Waals surface area contributed by atoms with Crippen molar-refractivity contribution in [3.8, 4) is 12.0 Å². The van der Waals surface area contributed by atoms with Crippen LogP contribution in [0.5, 0.6) is 12.0 Å². The van der Waals surface area contributed by atoms with Gasteiger partial charge in [-0.15, -0.1) is 4.98 Å². The molecule has 0 saturated carbocycles. The van der Waals surface area contributed by atoms with E-state index in [1.807, 2.05) is 0 Å². The molecule has 1 aliphatic rings. The first kappa shape index (κ1) is 13.3. The molecule has 1 aromatic rings. The molecule has 2 rings (SSSR count). The number of rotatable bonds is 4. The number of halogens is 1. The Hall–Kier alpha value is -1.11. The first-order valence-corrected chi connectivity index (χ1v) is 7.04. The maximum Gasteiger partial charge on any atom is 0.324 e. The first-order valence-electron chi connectivity index (χ1n) is 5.91. The van der Waals surface area contributed by atoms with Crippen LogP contribution < -0.4 is 14.4 Å². The lowest BCUT2D eigenvalue weighted by Crippen LogP contribution is -2.35. The van der Waals surface area contributed by atoms with E-state index in [-0.39, 0.29) is 0 Å². The van der Waals surface area contributed by atoms with Crippen molar-refractivity contribution in [1.29, 1.82) is 0 Å². The Kier molecular flexibility index (Phi) is 4.57. The summed E-state index contributed by atoms with van der Waals surface area (Å²) in [7, 11) is 3.07. The first-order chi connectivity index (χ1) is 8.76. The monoisotopic (exact) mass is 316 g/mol. The van der Waals surface area contributed by atoms with Gasteiger partial charge in [-0.1, -0.05) is 15.9 Å². The molecule has 0 atom stereocenters. The van der Waals surface area contributed by atoms with E-state index in [9.17, 15) is 0 Å². The van der Waals surface area contributed by atoms with Crippen molar-refractivity contribution in [3.63, 3.8) is 0 Å². The fraction of sp³-hybridized carbons (Fsp3) is 0.727. The fourth-order valence-electron chi connectivity index (χ4n) is 1.94. The van der Waals surface area contributed by atoms with Gasteiger partial charge in [0.25, 0.3) is 0 Å². The van der Waals surface area contributed by atoms with Gasteiger partial charge in [-0.2, -0.15) is 9.97 Å². The van der Waals surface area contributed by atoms with Crippen molar-refractivity contribution in [1.82, 2.24) is 15.0 Å². The van der Waals surface area contributed by atoms with E-state index in [0.717, 1.165) is 37.2 Å². The average Bonchev–Trinajstić information content (AvgIpc) is 2.46. The molecule has 0 radical (unpaired) electrons. The van der Waals surface area contributed by atoms with E-state index in [2.05, 4.69) is 35.8 Å². The predicted molar refractivity (Wildman–Crippen MR) is 71.7 cm³/mol. The number of nitrogens with zero attached hydrogens (tertiary/aromatic N) is 4. The molecule has 0 N–H and O–H groups in total. The molecule has 1 fully saturated rings. The third-order valence-corrected chi connectivity index (χ3v) is 3.98. The van der Waals surface area contributed by atoms with Crippen molar-refractivity contribution < 1.29 is 9.47 Å². The molecule has 0 aliphatic carbocycles. The zero-order valence-corrected chi connectivity index (χ0v) is 12.2. The Morgan fingerprint density at radius 3 is 2.11 bits per heavy atom. The maximum atomic E-state index is 5.05. The summed E-state index contributed by atoms with van der Waals surface area (Å²) in [4.78, 5) is 14.7. The number of hydrogen-bond acceptors (Lipinski definition) is 6. The largest absolute Gasteiger partial charge is 0.467 e. The highest BCUT2D eigenvalue weighted by Crippen LogP contribution is 2.23. The van der Waals surface area contributed by atoms with Crippen LogP contribution in [0.3, 0.4) is 0 Å². The lowest BCUT2D eigenvalue weighted by Gasteiger charge is -2.31. The second-order valence-electron chi connectivity index (χ2n) is 4.19. The molecule has 18 heavy (non-hydrogen) atoms.